The van der Waals surface area contributed by atoms with E-state index in [1.807, 2.05) is 19.1 Å². The Bertz CT molecular complexity index is 669. The average Bonchev–Trinajstić information content (AvgIpc) is 2.41. The number of benzene rings is 2. The topological polar surface area (TPSA) is 72.2 Å². The molecule has 2 aromatic rings. The van der Waals surface area contributed by atoms with Gasteiger partial charge in [-0.1, -0.05) is 29.3 Å². The summed E-state index contributed by atoms with van der Waals surface area (Å²) in [5.74, 6) is -0.368. The Balaban J connectivity index is 2.25. The minimum absolute atomic E-state index is 0.131. The van der Waals surface area contributed by atoms with E-state index in [1.165, 1.54) is 18.2 Å². The van der Waals surface area contributed by atoms with Gasteiger partial charge in [0, 0.05) is 17.7 Å². The molecule has 0 radical (unpaired) electrons. The van der Waals surface area contributed by atoms with Crippen LogP contribution in [-0.4, -0.2) is 10.8 Å². The summed E-state index contributed by atoms with van der Waals surface area (Å²) >= 11 is 5.92. The highest BCUT2D eigenvalue weighted by molar-refractivity contribution is 6.34. The molecule has 102 valence electrons. The summed E-state index contributed by atoms with van der Waals surface area (Å²) in [6.45, 7) is 1.92. The number of amides is 1. The molecule has 1 N–H and O–H groups in total. The van der Waals surface area contributed by atoms with Gasteiger partial charge >= 0.3 is 0 Å². The summed E-state index contributed by atoms with van der Waals surface area (Å²) in [6, 6.07) is 10.9. The van der Waals surface area contributed by atoms with E-state index in [1.54, 1.807) is 12.1 Å². The first kappa shape index (κ1) is 14.0. The van der Waals surface area contributed by atoms with E-state index in [0.29, 0.717) is 5.56 Å². The Kier molecular flexibility index (Phi) is 4.00. The summed E-state index contributed by atoms with van der Waals surface area (Å²) in [5.41, 5.74) is 1.58. The molecule has 2 rings (SSSR count). The molecule has 6 heteroatoms. The molecule has 0 aliphatic rings. The van der Waals surface area contributed by atoms with Gasteiger partial charge in [-0.25, -0.2) is 0 Å². The highest BCUT2D eigenvalue weighted by atomic mass is 35.5. The van der Waals surface area contributed by atoms with Crippen LogP contribution in [0, 0.1) is 17.0 Å². The van der Waals surface area contributed by atoms with E-state index >= 15 is 0 Å². The average molecular weight is 291 g/mol. The van der Waals surface area contributed by atoms with Crippen LogP contribution < -0.4 is 5.32 Å². The Morgan fingerprint density at radius 2 is 1.85 bits per heavy atom. The molecule has 0 heterocycles. The molecule has 0 bridgehead atoms. The molecular weight excluding hydrogens is 280 g/mol. The fourth-order valence-corrected chi connectivity index (χ4v) is 1.79. The molecule has 2 aromatic carbocycles. The van der Waals surface area contributed by atoms with E-state index in [-0.39, 0.29) is 22.3 Å². The van der Waals surface area contributed by atoms with Crippen molar-refractivity contribution in [2.24, 2.45) is 0 Å². The van der Waals surface area contributed by atoms with Gasteiger partial charge in [-0.2, -0.15) is 0 Å². The number of anilines is 1. The summed E-state index contributed by atoms with van der Waals surface area (Å²) in [6.07, 6.45) is 0. The van der Waals surface area contributed by atoms with Crippen molar-refractivity contribution in [3.05, 3.63) is 68.7 Å². The van der Waals surface area contributed by atoms with Crippen molar-refractivity contribution < 1.29 is 9.72 Å². The second-order valence-electron chi connectivity index (χ2n) is 4.24. The summed E-state index contributed by atoms with van der Waals surface area (Å²) in [5, 5.41) is 13.5. The van der Waals surface area contributed by atoms with E-state index in [2.05, 4.69) is 5.32 Å². The largest absolute Gasteiger partial charge is 0.320 e. The van der Waals surface area contributed by atoms with Crippen LogP contribution in [0.2, 0.25) is 5.02 Å². The van der Waals surface area contributed by atoms with Crippen molar-refractivity contribution in [1.29, 1.82) is 0 Å². The molecule has 0 saturated carbocycles. The van der Waals surface area contributed by atoms with Gasteiger partial charge in [-0.3, -0.25) is 14.9 Å². The number of halogens is 1. The van der Waals surface area contributed by atoms with Gasteiger partial charge in [0.05, 0.1) is 15.6 Å². The number of nitro groups is 1. The molecule has 0 spiro atoms. The van der Waals surface area contributed by atoms with Crippen molar-refractivity contribution >= 4 is 28.9 Å². The zero-order valence-electron chi connectivity index (χ0n) is 10.6. The number of nitrogens with zero attached hydrogens (tertiary/aromatic N) is 1. The second-order valence-corrected chi connectivity index (χ2v) is 4.65. The lowest BCUT2D eigenvalue weighted by Crippen LogP contribution is -2.12. The quantitative estimate of drug-likeness (QED) is 0.690. The summed E-state index contributed by atoms with van der Waals surface area (Å²) < 4.78 is 0. The Hall–Kier alpha value is -2.40. The predicted octanol–water partition coefficient (Wildman–Crippen LogP) is 3.81. The van der Waals surface area contributed by atoms with Gasteiger partial charge in [0.2, 0.25) is 0 Å². The molecule has 0 aromatic heterocycles. The third-order valence-electron chi connectivity index (χ3n) is 2.72. The predicted molar refractivity (Wildman–Crippen MR) is 77.2 cm³/mol. The van der Waals surface area contributed by atoms with Gasteiger partial charge in [-0.15, -0.1) is 0 Å². The first-order chi connectivity index (χ1) is 9.47. The number of nitrogens with one attached hydrogen (secondary N) is 1. The zero-order chi connectivity index (χ0) is 14.7. The smallest absolute Gasteiger partial charge is 0.271 e. The summed E-state index contributed by atoms with van der Waals surface area (Å²) in [4.78, 5) is 22.2. The number of carbonyl (C=O) groups is 1. The van der Waals surface area contributed by atoms with E-state index in [4.69, 9.17) is 11.6 Å². The van der Waals surface area contributed by atoms with Crippen LogP contribution in [0.25, 0.3) is 0 Å². The maximum atomic E-state index is 12.0. The van der Waals surface area contributed by atoms with Crippen LogP contribution in [0.5, 0.6) is 0 Å². The van der Waals surface area contributed by atoms with E-state index in [9.17, 15) is 14.9 Å². The van der Waals surface area contributed by atoms with Crippen molar-refractivity contribution in [3.63, 3.8) is 0 Å². The Labute approximate surface area is 120 Å². The highest BCUT2D eigenvalue weighted by Crippen LogP contribution is 2.27. The van der Waals surface area contributed by atoms with Crippen LogP contribution in [0.4, 0.5) is 11.4 Å². The lowest BCUT2D eigenvalue weighted by molar-refractivity contribution is -0.384. The fraction of sp³-hybridized carbons (Fsp3) is 0.0714. The number of nitro benzene ring substituents is 1. The molecule has 0 fully saturated rings. The normalized spacial score (nSPS) is 10.1. The van der Waals surface area contributed by atoms with Crippen LogP contribution in [0.1, 0.15) is 15.9 Å². The fourth-order valence-electron chi connectivity index (χ4n) is 1.62. The number of carbonyl (C=O) groups excluding carboxylic acids is 1. The molecule has 0 aliphatic heterocycles. The minimum atomic E-state index is -0.544. The van der Waals surface area contributed by atoms with Crippen molar-refractivity contribution in [1.82, 2.24) is 0 Å². The SMILES string of the molecule is Cc1ccc(C(=O)Nc2cc([N+](=O)[O-])ccc2Cl)cc1. The number of hydrogen-bond donors (Lipinski definition) is 1. The third-order valence-corrected chi connectivity index (χ3v) is 3.05. The zero-order valence-corrected chi connectivity index (χ0v) is 11.3. The number of aryl methyl sites for hydroxylation is 1. The monoisotopic (exact) mass is 290 g/mol. The van der Waals surface area contributed by atoms with Gasteiger partial charge in [0.15, 0.2) is 0 Å². The van der Waals surface area contributed by atoms with E-state index < -0.39 is 4.92 Å². The Morgan fingerprint density at radius 3 is 2.45 bits per heavy atom. The molecule has 0 saturated heterocycles. The van der Waals surface area contributed by atoms with Gasteiger partial charge in [0.1, 0.15) is 0 Å². The number of hydrogen-bond acceptors (Lipinski definition) is 3. The molecule has 0 unspecified atom stereocenters. The minimum Gasteiger partial charge on any atom is -0.320 e. The van der Waals surface area contributed by atoms with Crippen LogP contribution in [-0.2, 0) is 0 Å². The maximum Gasteiger partial charge on any atom is 0.271 e. The van der Waals surface area contributed by atoms with Crippen LogP contribution in [0.15, 0.2) is 42.5 Å². The molecule has 0 atom stereocenters. The maximum absolute atomic E-state index is 12.0. The molecule has 1 amide bonds. The molecule has 5 nitrogen and oxygen atoms in total. The lowest BCUT2D eigenvalue weighted by atomic mass is 10.1. The number of rotatable bonds is 3. The van der Waals surface area contributed by atoms with Crippen LogP contribution in [0.3, 0.4) is 0 Å². The van der Waals surface area contributed by atoms with Crippen molar-refractivity contribution in [2.45, 2.75) is 6.92 Å². The lowest BCUT2D eigenvalue weighted by Gasteiger charge is -2.07. The van der Waals surface area contributed by atoms with Gasteiger partial charge < -0.3 is 5.32 Å². The van der Waals surface area contributed by atoms with Crippen LogP contribution >= 0.6 is 11.6 Å². The van der Waals surface area contributed by atoms with Gasteiger partial charge in [0.25, 0.3) is 11.6 Å². The first-order valence-corrected chi connectivity index (χ1v) is 6.17. The Morgan fingerprint density at radius 1 is 1.20 bits per heavy atom. The number of non-ortho nitro benzene ring substituents is 1. The molecule has 20 heavy (non-hydrogen) atoms. The standard InChI is InChI=1S/C14H11ClN2O3/c1-9-2-4-10(5-3-9)14(18)16-13-8-11(17(19)20)6-7-12(13)15/h2-8H,1H3,(H,16,18). The van der Waals surface area contributed by atoms with Gasteiger partial charge in [-0.05, 0) is 25.1 Å². The second kappa shape index (κ2) is 5.71. The van der Waals surface area contributed by atoms with E-state index in [0.717, 1.165) is 5.56 Å². The van der Waals surface area contributed by atoms with Crippen molar-refractivity contribution in [3.8, 4) is 0 Å². The first-order valence-electron chi connectivity index (χ1n) is 5.79. The van der Waals surface area contributed by atoms with Crippen molar-refractivity contribution in [2.75, 3.05) is 5.32 Å². The molecular formula is C14H11ClN2O3. The third kappa shape index (κ3) is 3.13. The summed E-state index contributed by atoms with van der Waals surface area (Å²) in [7, 11) is 0. The molecule has 0 aliphatic carbocycles. The highest BCUT2D eigenvalue weighted by Gasteiger charge is 2.13.